The maximum Gasteiger partial charge on any atom is 0.237 e. The van der Waals surface area contributed by atoms with Gasteiger partial charge in [0.05, 0.1) is 18.3 Å². The summed E-state index contributed by atoms with van der Waals surface area (Å²) in [6.45, 7) is 2.89. The molecule has 7 nitrogen and oxygen atoms in total. The Balaban J connectivity index is 1.57. The first-order chi connectivity index (χ1) is 14.7. The van der Waals surface area contributed by atoms with Gasteiger partial charge in [0.1, 0.15) is 0 Å². The Kier molecular flexibility index (Phi) is 6.61. The van der Waals surface area contributed by atoms with Gasteiger partial charge in [-0.15, -0.1) is 10.2 Å². The molecule has 4 aromatic rings. The third-order valence-corrected chi connectivity index (χ3v) is 6.44. The molecule has 0 aliphatic heterocycles. The molecule has 0 aliphatic rings. The van der Waals surface area contributed by atoms with Crippen LogP contribution in [-0.4, -0.2) is 43.9 Å². The van der Waals surface area contributed by atoms with Crippen molar-refractivity contribution < 1.29 is 4.52 Å². The zero-order chi connectivity index (χ0) is 20.9. The van der Waals surface area contributed by atoms with Gasteiger partial charge in [0.25, 0.3) is 0 Å². The molecule has 0 aliphatic carbocycles. The van der Waals surface area contributed by atoms with Gasteiger partial charge in [-0.05, 0) is 37.5 Å². The number of nitrogens with zero attached hydrogens (tertiary/aromatic N) is 6. The molecule has 0 spiro atoms. The van der Waals surface area contributed by atoms with Crippen LogP contribution < -0.4 is 0 Å². The van der Waals surface area contributed by atoms with E-state index in [0.29, 0.717) is 17.5 Å². The van der Waals surface area contributed by atoms with Crippen molar-refractivity contribution in [3.05, 3.63) is 64.4 Å². The lowest BCUT2D eigenvalue weighted by atomic mass is 10.2. The van der Waals surface area contributed by atoms with Gasteiger partial charge in [0.15, 0.2) is 11.0 Å². The fraction of sp³-hybridized carbons (Fsp3) is 0.333. The maximum absolute atomic E-state index is 5.44. The number of hydrogen-bond donors (Lipinski definition) is 0. The fourth-order valence-electron chi connectivity index (χ4n) is 3.30. The topological polar surface area (TPSA) is 72.9 Å². The Labute approximate surface area is 184 Å². The smallest absolute Gasteiger partial charge is 0.237 e. The molecular weight excluding hydrogens is 416 g/mol. The molecule has 0 N–H and O–H groups in total. The van der Waals surface area contributed by atoms with Crippen LogP contribution in [0.2, 0.25) is 0 Å². The van der Waals surface area contributed by atoms with Crippen LogP contribution in [0.15, 0.2) is 56.8 Å². The van der Waals surface area contributed by atoms with Crippen LogP contribution in [0.25, 0.3) is 11.4 Å². The average molecular weight is 441 g/mol. The quantitative estimate of drug-likeness (QED) is 0.348. The normalized spacial score (nSPS) is 12.5. The molecule has 1 unspecified atom stereocenters. The predicted octanol–water partition coefficient (Wildman–Crippen LogP) is 4.74. The lowest BCUT2D eigenvalue weighted by Gasteiger charge is -2.23. The molecule has 0 radical (unpaired) electrons. The highest BCUT2D eigenvalue weighted by Gasteiger charge is 2.22. The molecule has 3 aromatic heterocycles. The van der Waals surface area contributed by atoms with E-state index in [-0.39, 0.29) is 6.04 Å². The van der Waals surface area contributed by atoms with Crippen molar-refractivity contribution >= 4 is 23.1 Å². The van der Waals surface area contributed by atoms with E-state index in [1.165, 1.54) is 5.56 Å². The van der Waals surface area contributed by atoms with E-state index in [1.54, 1.807) is 23.1 Å². The first-order valence-electron chi connectivity index (χ1n) is 9.77. The first-order valence-corrected chi connectivity index (χ1v) is 11.7. The number of thiophene rings is 1. The lowest BCUT2D eigenvalue weighted by molar-refractivity contribution is 0.272. The number of rotatable bonds is 9. The summed E-state index contributed by atoms with van der Waals surface area (Å²) in [6, 6.07) is 12.6. The summed E-state index contributed by atoms with van der Waals surface area (Å²) in [5.74, 6) is 2.72. The molecule has 9 heteroatoms. The third kappa shape index (κ3) is 4.63. The van der Waals surface area contributed by atoms with Gasteiger partial charge >= 0.3 is 0 Å². The molecular formula is C21H24N6OS2. The predicted molar refractivity (Wildman–Crippen MR) is 119 cm³/mol. The van der Waals surface area contributed by atoms with Crippen molar-refractivity contribution in [2.24, 2.45) is 0 Å². The summed E-state index contributed by atoms with van der Waals surface area (Å²) in [6.07, 6.45) is 0.957. The summed E-state index contributed by atoms with van der Waals surface area (Å²) >= 11 is 3.18. The van der Waals surface area contributed by atoms with Crippen LogP contribution in [-0.2, 0) is 12.3 Å². The molecule has 4 rings (SSSR count). The van der Waals surface area contributed by atoms with Gasteiger partial charge in [0.2, 0.25) is 11.7 Å². The van der Waals surface area contributed by atoms with E-state index in [4.69, 9.17) is 4.52 Å². The van der Waals surface area contributed by atoms with Crippen LogP contribution in [0.5, 0.6) is 0 Å². The molecule has 30 heavy (non-hydrogen) atoms. The highest BCUT2D eigenvalue weighted by atomic mass is 32.2. The Morgan fingerprint density at radius 1 is 1.17 bits per heavy atom. The van der Waals surface area contributed by atoms with E-state index in [2.05, 4.69) is 75.1 Å². The molecule has 1 aromatic carbocycles. The summed E-state index contributed by atoms with van der Waals surface area (Å²) in [5, 5.41) is 18.0. The van der Waals surface area contributed by atoms with Gasteiger partial charge in [-0.1, -0.05) is 54.2 Å². The van der Waals surface area contributed by atoms with Gasteiger partial charge < -0.3 is 9.09 Å². The Morgan fingerprint density at radius 3 is 2.70 bits per heavy atom. The van der Waals surface area contributed by atoms with Crippen LogP contribution in [0.3, 0.4) is 0 Å². The zero-order valence-electron chi connectivity index (χ0n) is 17.2. The molecule has 3 heterocycles. The van der Waals surface area contributed by atoms with Crippen molar-refractivity contribution in [3.63, 3.8) is 0 Å². The second-order valence-corrected chi connectivity index (χ2v) is 8.84. The summed E-state index contributed by atoms with van der Waals surface area (Å²) < 4.78 is 7.64. The Bertz CT molecular complexity index is 1060. The molecule has 0 fully saturated rings. The SMILES string of the molecule is CCC(c1nnc(SCc2nc(-c3ccsc3)no2)n1Cc1ccccc1)N(C)C. The third-order valence-electron chi connectivity index (χ3n) is 4.81. The number of aromatic nitrogens is 5. The van der Waals surface area contributed by atoms with Crippen LogP contribution in [0.4, 0.5) is 0 Å². The molecule has 1 atom stereocenters. The van der Waals surface area contributed by atoms with Crippen molar-refractivity contribution in [1.82, 2.24) is 29.8 Å². The Morgan fingerprint density at radius 2 is 2.00 bits per heavy atom. The lowest BCUT2D eigenvalue weighted by Crippen LogP contribution is -2.23. The van der Waals surface area contributed by atoms with Crippen LogP contribution >= 0.6 is 23.1 Å². The van der Waals surface area contributed by atoms with E-state index in [0.717, 1.165) is 29.5 Å². The summed E-state index contributed by atoms with van der Waals surface area (Å²) in [7, 11) is 4.15. The molecule has 0 saturated heterocycles. The van der Waals surface area contributed by atoms with Crippen molar-refractivity contribution in [2.75, 3.05) is 14.1 Å². The molecule has 156 valence electrons. The average Bonchev–Trinajstić information content (AvgIpc) is 3.49. The van der Waals surface area contributed by atoms with Crippen molar-refractivity contribution in [1.29, 1.82) is 0 Å². The number of benzene rings is 1. The molecule has 0 saturated carbocycles. The van der Waals surface area contributed by atoms with Gasteiger partial charge in [-0.3, -0.25) is 4.90 Å². The van der Waals surface area contributed by atoms with E-state index >= 15 is 0 Å². The fourth-order valence-corrected chi connectivity index (χ4v) is 4.71. The minimum Gasteiger partial charge on any atom is -0.338 e. The molecule has 0 amide bonds. The zero-order valence-corrected chi connectivity index (χ0v) is 18.9. The second-order valence-electron chi connectivity index (χ2n) is 7.11. The maximum atomic E-state index is 5.44. The highest BCUT2D eigenvalue weighted by molar-refractivity contribution is 7.98. The van der Waals surface area contributed by atoms with Gasteiger partial charge in [-0.25, -0.2) is 0 Å². The monoisotopic (exact) mass is 440 g/mol. The largest absolute Gasteiger partial charge is 0.338 e. The number of thioether (sulfide) groups is 1. The van der Waals surface area contributed by atoms with E-state index < -0.39 is 0 Å². The van der Waals surface area contributed by atoms with Crippen LogP contribution in [0, 0.1) is 0 Å². The first kappa shape index (κ1) is 20.8. The Hall–Kier alpha value is -2.49. The summed E-state index contributed by atoms with van der Waals surface area (Å²) in [5.41, 5.74) is 2.19. The second kappa shape index (κ2) is 9.55. The standard InChI is InChI=1S/C21H24N6OS2/c1-4-17(26(2)3)20-23-24-21(27(20)12-15-8-6-5-7-9-15)30-14-18-22-19(25-28-18)16-10-11-29-13-16/h5-11,13,17H,4,12,14H2,1-3H3. The van der Waals surface area contributed by atoms with Gasteiger partial charge in [0, 0.05) is 10.9 Å². The molecule has 0 bridgehead atoms. The number of hydrogen-bond acceptors (Lipinski definition) is 8. The van der Waals surface area contributed by atoms with Crippen molar-refractivity contribution in [3.8, 4) is 11.4 Å². The highest BCUT2D eigenvalue weighted by Crippen LogP contribution is 2.28. The minimum atomic E-state index is 0.198. The minimum absolute atomic E-state index is 0.198. The van der Waals surface area contributed by atoms with E-state index in [9.17, 15) is 0 Å². The van der Waals surface area contributed by atoms with Crippen LogP contribution in [0.1, 0.15) is 36.7 Å². The van der Waals surface area contributed by atoms with Crippen molar-refractivity contribution in [2.45, 2.75) is 36.8 Å². The summed E-state index contributed by atoms with van der Waals surface area (Å²) in [4.78, 5) is 6.70. The van der Waals surface area contributed by atoms with E-state index in [1.807, 2.05) is 22.9 Å². The van der Waals surface area contributed by atoms with Gasteiger partial charge in [-0.2, -0.15) is 16.3 Å².